The molecule has 0 radical (unpaired) electrons. The molecule has 0 bridgehead atoms. The summed E-state index contributed by atoms with van der Waals surface area (Å²) in [5.41, 5.74) is 7.21. The number of methoxy groups -OCH3 is 2. The molecule has 2 aromatic carbocycles. The Hall–Kier alpha value is -3.94. The number of carbonyl (C=O) groups is 1. The van der Waals surface area contributed by atoms with Gasteiger partial charge in [0.2, 0.25) is 5.88 Å². The fourth-order valence-electron chi connectivity index (χ4n) is 3.85. The number of rotatable bonds is 5. The molecular weight excluding hydrogens is 400 g/mol. The van der Waals surface area contributed by atoms with E-state index < -0.39 is 17.4 Å². The molecule has 0 aliphatic carbocycles. The van der Waals surface area contributed by atoms with Gasteiger partial charge in [0.1, 0.15) is 22.8 Å². The quantitative estimate of drug-likeness (QED) is 0.608. The molecule has 0 fully saturated rings. The lowest BCUT2D eigenvalue weighted by Crippen LogP contribution is -2.32. The van der Waals surface area contributed by atoms with Crippen LogP contribution in [0.5, 0.6) is 17.2 Å². The van der Waals surface area contributed by atoms with Crippen LogP contribution >= 0.6 is 0 Å². The molecule has 0 saturated carbocycles. The normalized spacial score (nSPS) is 15.3. The van der Waals surface area contributed by atoms with Crippen molar-refractivity contribution in [3.8, 4) is 17.2 Å². The van der Waals surface area contributed by atoms with Gasteiger partial charge >= 0.3 is 5.97 Å². The van der Waals surface area contributed by atoms with Crippen molar-refractivity contribution < 1.29 is 23.7 Å². The molecular formula is C23H22N2O6. The van der Waals surface area contributed by atoms with Crippen molar-refractivity contribution in [1.82, 2.24) is 4.98 Å². The van der Waals surface area contributed by atoms with Crippen molar-refractivity contribution in [1.29, 1.82) is 0 Å². The Balaban J connectivity index is 2.09. The van der Waals surface area contributed by atoms with Crippen LogP contribution < -0.4 is 25.5 Å². The van der Waals surface area contributed by atoms with Gasteiger partial charge in [-0.15, -0.1) is 0 Å². The highest BCUT2D eigenvalue weighted by Crippen LogP contribution is 2.46. The second-order valence-corrected chi connectivity index (χ2v) is 6.88. The standard InChI is InChI=1S/C23H22N2O6/c1-4-30-23(27)19-17(14-11-12(28-2)9-10-16(14)29-3)18-20(31-21(19)24)13-7-5-6-8-15(13)25-22(18)26/h5-11,17H,4,24H2,1-3H3,(H,25,26). The number of hydrogen-bond donors (Lipinski definition) is 2. The second-order valence-electron chi connectivity index (χ2n) is 6.88. The number of benzene rings is 2. The number of ether oxygens (including phenoxy) is 4. The maximum Gasteiger partial charge on any atom is 0.340 e. The number of fused-ring (bicyclic) bond motifs is 3. The predicted molar refractivity (Wildman–Crippen MR) is 114 cm³/mol. The first-order valence-corrected chi connectivity index (χ1v) is 9.71. The lowest BCUT2D eigenvalue weighted by atomic mass is 9.82. The number of para-hydroxylation sites is 1. The van der Waals surface area contributed by atoms with Crippen LogP contribution in [0.4, 0.5) is 0 Å². The van der Waals surface area contributed by atoms with Gasteiger partial charge in [0.05, 0.1) is 37.8 Å². The van der Waals surface area contributed by atoms with E-state index in [1.807, 2.05) is 12.1 Å². The van der Waals surface area contributed by atoms with Gasteiger partial charge in [0.15, 0.2) is 0 Å². The van der Waals surface area contributed by atoms with Gasteiger partial charge in [0, 0.05) is 10.9 Å². The molecule has 4 rings (SSSR count). The summed E-state index contributed by atoms with van der Waals surface area (Å²) in [5.74, 6) is -0.408. The molecule has 160 valence electrons. The Bertz CT molecular complexity index is 1260. The number of carbonyl (C=O) groups excluding carboxylic acids is 1. The van der Waals surface area contributed by atoms with Gasteiger partial charge in [-0.2, -0.15) is 0 Å². The fraction of sp³-hybridized carbons (Fsp3) is 0.217. The third-order valence-corrected chi connectivity index (χ3v) is 5.21. The summed E-state index contributed by atoms with van der Waals surface area (Å²) >= 11 is 0. The number of hydrogen-bond acceptors (Lipinski definition) is 7. The van der Waals surface area contributed by atoms with Gasteiger partial charge in [-0.25, -0.2) is 4.79 Å². The van der Waals surface area contributed by atoms with E-state index in [9.17, 15) is 9.59 Å². The zero-order valence-electron chi connectivity index (χ0n) is 17.4. The van der Waals surface area contributed by atoms with Crippen molar-refractivity contribution in [2.75, 3.05) is 20.8 Å². The predicted octanol–water partition coefficient (Wildman–Crippen LogP) is 2.80. The van der Waals surface area contributed by atoms with E-state index >= 15 is 0 Å². The van der Waals surface area contributed by atoms with Gasteiger partial charge in [0.25, 0.3) is 5.56 Å². The molecule has 1 aliphatic rings. The van der Waals surface area contributed by atoms with Crippen LogP contribution in [0.2, 0.25) is 0 Å². The van der Waals surface area contributed by atoms with E-state index in [0.29, 0.717) is 33.7 Å². The van der Waals surface area contributed by atoms with E-state index in [4.69, 9.17) is 24.7 Å². The summed E-state index contributed by atoms with van der Waals surface area (Å²) < 4.78 is 22.0. The van der Waals surface area contributed by atoms with Gasteiger partial charge in [-0.05, 0) is 37.3 Å². The van der Waals surface area contributed by atoms with Crippen molar-refractivity contribution in [2.24, 2.45) is 5.73 Å². The summed E-state index contributed by atoms with van der Waals surface area (Å²) in [7, 11) is 3.04. The van der Waals surface area contributed by atoms with Crippen molar-refractivity contribution in [3.63, 3.8) is 0 Å². The summed E-state index contributed by atoms with van der Waals surface area (Å²) in [4.78, 5) is 29.0. The molecule has 3 aromatic rings. The van der Waals surface area contributed by atoms with E-state index in [1.165, 1.54) is 14.2 Å². The van der Waals surface area contributed by atoms with Crippen LogP contribution in [0, 0.1) is 0 Å². The van der Waals surface area contributed by atoms with Crippen molar-refractivity contribution in [2.45, 2.75) is 12.8 Å². The Morgan fingerprint density at radius 3 is 2.65 bits per heavy atom. The Morgan fingerprint density at radius 1 is 1.16 bits per heavy atom. The van der Waals surface area contributed by atoms with Gasteiger partial charge in [-0.3, -0.25) is 4.79 Å². The molecule has 2 heterocycles. The van der Waals surface area contributed by atoms with E-state index in [-0.39, 0.29) is 23.6 Å². The SMILES string of the molecule is CCOC(=O)C1=C(N)Oc2c(c(=O)[nH]c3ccccc23)C1c1cc(OC)ccc1OC. The van der Waals surface area contributed by atoms with Crippen LogP contribution in [0.25, 0.3) is 10.9 Å². The van der Waals surface area contributed by atoms with E-state index in [0.717, 1.165) is 0 Å². The number of pyridine rings is 1. The Morgan fingerprint density at radius 2 is 1.94 bits per heavy atom. The fourth-order valence-corrected chi connectivity index (χ4v) is 3.85. The average Bonchev–Trinajstić information content (AvgIpc) is 2.78. The summed E-state index contributed by atoms with van der Waals surface area (Å²) in [6.07, 6.45) is 0. The van der Waals surface area contributed by atoms with Crippen molar-refractivity contribution in [3.05, 3.63) is 75.4 Å². The molecule has 0 saturated heterocycles. The monoisotopic (exact) mass is 422 g/mol. The molecule has 1 unspecified atom stereocenters. The van der Waals surface area contributed by atoms with Crippen LogP contribution in [0.3, 0.4) is 0 Å². The zero-order chi connectivity index (χ0) is 22.1. The minimum Gasteiger partial charge on any atom is -0.497 e. The lowest BCUT2D eigenvalue weighted by Gasteiger charge is -2.29. The highest BCUT2D eigenvalue weighted by atomic mass is 16.5. The molecule has 1 aliphatic heterocycles. The average molecular weight is 422 g/mol. The van der Waals surface area contributed by atoms with Gasteiger partial charge in [-0.1, -0.05) is 12.1 Å². The highest BCUT2D eigenvalue weighted by Gasteiger charge is 2.40. The molecule has 0 spiro atoms. The van der Waals surface area contributed by atoms with E-state index in [2.05, 4.69) is 4.98 Å². The number of esters is 1. The first-order chi connectivity index (χ1) is 15.0. The zero-order valence-corrected chi connectivity index (χ0v) is 17.4. The number of aromatic amines is 1. The summed E-state index contributed by atoms with van der Waals surface area (Å²) in [6.45, 7) is 1.83. The molecule has 1 aromatic heterocycles. The minimum absolute atomic E-state index is 0.0293. The maximum absolute atomic E-state index is 13.2. The largest absolute Gasteiger partial charge is 0.497 e. The van der Waals surface area contributed by atoms with Crippen LogP contribution in [-0.4, -0.2) is 31.8 Å². The second kappa shape index (κ2) is 8.06. The lowest BCUT2D eigenvalue weighted by molar-refractivity contribution is -0.139. The molecule has 3 N–H and O–H groups in total. The molecule has 1 atom stereocenters. The summed E-state index contributed by atoms with van der Waals surface area (Å²) in [5, 5.41) is 0.662. The smallest absolute Gasteiger partial charge is 0.340 e. The molecule has 31 heavy (non-hydrogen) atoms. The number of H-pyrrole nitrogens is 1. The number of nitrogens with one attached hydrogen (secondary N) is 1. The third kappa shape index (κ3) is 3.35. The minimum atomic E-state index is -0.888. The molecule has 8 nitrogen and oxygen atoms in total. The first-order valence-electron chi connectivity index (χ1n) is 9.71. The number of aromatic nitrogens is 1. The third-order valence-electron chi connectivity index (χ3n) is 5.21. The van der Waals surface area contributed by atoms with E-state index in [1.54, 1.807) is 37.3 Å². The Labute approximate surface area is 178 Å². The van der Waals surface area contributed by atoms with Gasteiger partial charge < -0.3 is 29.7 Å². The molecule has 8 heteroatoms. The number of nitrogens with two attached hydrogens (primary N) is 1. The topological polar surface area (TPSA) is 113 Å². The van der Waals surface area contributed by atoms with Crippen LogP contribution in [-0.2, 0) is 9.53 Å². The Kier molecular flexibility index (Phi) is 5.29. The van der Waals surface area contributed by atoms with Crippen LogP contribution in [0.15, 0.2) is 58.7 Å². The summed E-state index contributed by atoms with van der Waals surface area (Å²) in [6, 6.07) is 12.3. The highest BCUT2D eigenvalue weighted by molar-refractivity contribution is 5.95. The molecule has 0 amide bonds. The van der Waals surface area contributed by atoms with Crippen molar-refractivity contribution >= 4 is 16.9 Å². The first kappa shape index (κ1) is 20.3. The van der Waals surface area contributed by atoms with Crippen LogP contribution in [0.1, 0.15) is 24.0 Å². The maximum atomic E-state index is 13.2.